The molecule has 13 heteroatoms. The molecule has 2 fully saturated rings. The zero-order chi connectivity index (χ0) is 27.5. The highest BCUT2D eigenvalue weighted by molar-refractivity contribution is 6.30. The van der Waals surface area contributed by atoms with Gasteiger partial charge in [-0.15, -0.1) is 23.4 Å². The van der Waals surface area contributed by atoms with Crippen molar-refractivity contribution in [2.24, 2.45) is 5.41 Å². The van der Waals surface area contributed by atoms with Gasteiger partial charge in [-0.25, -0.2) is 4.98 Å². The number of ether oxygens (including phenoxy) is 1. The Labute approximate surface area is 228 Å². The molecule has 1 amide bonds. The Morgan fingerprint density at radius 2 is 1.95 bits per heavy atom. The zero-order valence-electron chi connectivity index (χ0n) is 21.5. The third kappa shape index (κ3) is 4.91. The van der Waals surface area contributed by atoms with Gasteiger partial charge in [0, 0.05) is 56.3 Å². The van der Waals surface area contributed by atoms with E-state index in [-0.39, 0.29) is 35.4 Å². The lowest BCUT2D eigenvalue weighted by Crippen LogP contribution is -2.62. The minimum atomic E-state index is -4.77. The number of likely N-dealkylation sites (N-methyl/N-ethyl adjacent to an activating group) is 1. The van der Waals surface area contributed by atoms with Crippen LogP contribution in [-0.2, 0) is 17.9 Å². The number of anilines is 1. The molecular formula is C26H27ClF3N7O2. The summed E-state index contributed by atoms with van der Waals surface area (Å²) in [6.45, 7) is 2.46. The van der Waals surface area contributed by atoms with Crippen molar-refractivity contribution in [2.75, 3.05) is 38.6 Å². The number of halogens is 4. The lowest BCUT2D eigenvalue weighted by molar-refractivity contribution is -0.274. The van der Waals surface area contributed by atoms with E-state index in [2.05, 4.69) is 24.5 Å². The Hall–Kier alpha value is -3.38. The maximum atomic E-state index is 12.8. The molecule has 0 bridgehead atoms. The lowest BCUT2D eigenvalue weighted by atomic mass is 9.57. The average Bonchev–Trinajstić information content (AvgIpc) is 3.13. The monoisotopic (exact) mass is 561 g/mol. The summed E-state index contributed by atoms with van der Waals surface area (Å²) >= 11 is 6.33. The number of aromatic nitrogens is 4. The first-order valence-electron chi connectivity index (χ1n) is 12.6. The van der Waals surface area contributed by atoms with E-state index in [0.717, 1.165) is 35.7 Å². The predicted molar refractivity (Wildman–Crippen MR) is 137 cm³/mol. The summed E-state index contributed by atoms with van der Waals surface area (Å²) in [5.74, 6) is 1.69. The van der Waals surface area contributed by atoms with Crippen molar-refractivity contribution in [1.29, 1.82) is 0 Å². The maximum absolute atomic E-state index is 12.8. The van der Waals surface area contributed by atoms with E-state index in [1.807, 2.05) is 28.0 Å². The highest BCUT2D eigenvalue weighted by Crippen LogP contribution is 2.57. The van der Waals surface area contributed by atoms with Gasteiger partial charge in [0.1, 0.15) is 5.82 Å². The molecule has 0 unspecified atom stereocenters. The number of hydrogen-bond donors (Lipinski definition) is 0. The second kappa shape index (κ2) is 9.37. The fraction of sp³-hybridized carbons (Fsp3) is 0.462. The third-order valence-corrected chi connectivity index (χ3v) is 7.94. The quantitative estimate of drug-likeness (QED) is 0.466. The van der Waals surface area contributed by atoms with Gasteiger partial charge in [0.2, 0.25) is 5.91 Å². The Morgan fingerprint density at radius 1 is 1.18 bits per heavy atom. The smallest absolute Gasteiger partial charge is 0.402 e. The summed E-state index contributed by atoms with van der Waals surface area (Å²) < 4.78 is 44.8. The van der Waals surface area contributed by atoms with Crippen molar-refractivity contribution in [1.82, 2.24) is 29.5 Å². The number of carbonyl (C=O) groups excluding carboxylic acids is 1. The van der Waals surface area contributed by atoms with E-state index in [1.54, 1.807) is 19.0 Å². The molecule has 206 valence electrons. The number of rotatable bonds is 5. The van der Waals surface area contributed by atoms with Crippen LogP contribution in [0.2, 0.25) is 5.02 Å². The van der Waals surface area contributed by atoms with E-state index in [0.29, 0.717) is 31.2 Å². The van der Waals surface area contributed by atoms with Crippen LogP contribution in [-0.4, -0.2) is 75.5 Å². The summed E-state index contributed by atoms with van der Waals surface area (Å²) in [6.07, 6.45) is -1.62. The van der Waals surface area contributed by atoms with Gasteiger partial charge in [-0.05, 0) is 48.7 Å². The molecule has 2 aliphatic heterocycles. The van der Waals surface area contributed by atoms with E-state index < -0.39 is 6.36 Å². The number of hydrogen-bond acceptors (Lipinski definition) is 7. The minimum Gasteiger partial charge on any atom is -0.402 e. The zero-order valence-corrected chi connectivity index (χ0v) is 22.2. The first-order chi connectivity index (χ1) is 18.5. The number of nitrogens with zero attached hydrogens (tertiary/aromatic N) is 7. The van der Waals surface area contributed by atoms with Gasteiger partial charge < -0.3 is 14.5 Å². The van der Waals surface area contributed by atoms with Crippen molar-refractivity contribution in [3.63, 3.8) is 0 Å². The topological polar surface area (TPSA) is 79.6 Å². The molecular weight excluding hydrogens is 535 g/mol. The molecule has 1 spiro atoms. The van der Waals surface area contributed by atoms with Crippen LogP contribution in [0.15, 0.2) is 36.5 Å². The molecule has 0 atom stereocenters. The fourth-order valence-electron chi connectivity index (χ4n) is 5.96. The van der Waals surface area contributed by atoms with Crippen molar-refractivity contribution >= 4 is 23.3 Å². The summed E-state index contributed by atoms with van der Waals surface area (Å²) in [4.78, 5) is 22.0. The summed E-state index contributed by atoms with van der Waals surface area (Å²) in [5.41, 5.74) is 1.93. The van der Waals surface area contributed by atoms with Gasteiger partial charge >= 0.3 is 6.36 Å². The standard InChI is InChI=1S/C26H27ClF3N7O2/c1-34(2)22(38)13-35-11-16-8-18(27)5-6-19(16)37-21(12-35)32-33-23(37)17-9-25(10-17)14-36(15-25)24-20(4-3-7-31-24)39-26(28,29)30/h3-8,17H,9-15H2,1-2H3. The highest BCUT2D eigenvalue weighted by atomic mass is 35.5. The summed E-state index contributed by atoms with van der Waals surface area (Å²) in [7, 11) is 3.47. The van der Waals surface area contributed by atoms with Gasteiger partial charge in [-0.1, -0.05) is 11.6 Å². The van der Waals surface area contributed by atoms with Crippen LogP contribution in [0.3, 0.4) is 0 Å². The number of pyridine rings is 1. The molecule has 0 N–H and O–H groups in total. The molecule has 1 aromatic carbocycles. The number of benzene rings is 1. The van der Waals surface area contributed by atoms with Crippen LogP contribution in [0.4, 0.5) is 19.0 Å². The Balaban J connectivity index is 1.20. The number of fused-ring (bicyclic) bond motifs is 3. The molecule has 4 heterocycles. The van der Waals surface area contributed by atoms with Gasteiger partial charge in [-0.3, -0.25) is 14.3 Å². The molecule has 0 radical (unpaired) electrons. The van der Waals surface area contributed by atoms with Gasteiger partial charge in [0.05, 0.1) is 18.8 Å². The SMILES string of the molecule is CN(C)C(=O)CN1Cc2cc(Cl)ccc2-n2c(nnc2C2CC3(C2)CN(c2ncccc2OC(F)(F)F)C3)C1. The van der Waals surface area contributed by atoms with Crippen LogP contribution < -0.4 is 9.64 Å². The van der Waals surface area contributed by atoms with Crippen LogP contribution in [0.25, 0.3) is 5.69 Å². The number of carbonyl (C=O) groups is 1. The van der Waals surface area contributed by atoms with Gasteiger partial charge in [0.15, 0.2) is 17.4 Å². The molecule has 9 nitrogen and oxygen atoms in total. The molecule has 1 aliphatic carbocycles. The van der Waals surface area contributed by atoms with E-state index in [9.17, 15) is 18.0 Å². The third-order valence-electron chi connectivity index (χ3n) is 7.71. The molecule has 6 rings (SSSR count). The summed E-state index contributed by atoms with van der Waals surface area (Å²) in [5, 5.41) is 9.70. The molecule has 3 aliphatic rings. The van der Waals surface area contributed by atoms with Gasteiger partial charge in [0.25, 0.3) is 0 Å². The van der Waals surface area contributed by atoms with Crippen molar-refractivity contribution in [3.8, 4) is 11.4 Å². The van der Waals surface area contributed by atoms with Crippen LogP contribution in [0.5, 0.6) is 5.75 Å². The van der Waals surface area contributed by atoms with Crippen LogP contribution in [0.1, 0.15) is 36.0 Å². The Kier molecular flexibility index (Phi) is 6.22. The minimum absolute atomic E-state index is 0.000985. The molecule has 39 heavy (non-hydrogen) atoms. The van der Waals surface area contributed by atoms with Crippen molar-refractivity contribution in [2.45, 2.75) is 38.2 Å². The molecule has 3 aromatic rings. The van der Waals surface area contributed by atoms with E-state index in [1.165, 1.54) is 18.3 Å². The molecule has 2 aromatic heterocycles. The average molecular weight is 562 g/mol. The van der Waals surface area contributed by atoms with Crippen molar-refractivity contribution < 1.29 is 22.7 Å². The largest absolute Gasteiger partial charge is 0.573 e. The highest BCUT2D eigenvalue weighted by Gasteiger charge is 2.55. The van der Waals surface area contributed by atoms with Crippen LogP contribution >= 0.6 is 11.6 Å². The predicted octanol–water partition coefficient (Wildman–Crippen LogP) is 4.00. The summed E-state index contributed by atoms with van der Waals surface area (Å²) in [6, 6.07) is 8.44. The Bertz CT molecular complexity index is 1410. The normalized spacial score (nSPS) is 18.6. The van der Waals surface area contributed by atoms with Crippen LogP contribution in [0, 0.1) is 5.41 Å². The second-order valence-corrected chi connectivity index (χ2v) is 11.3. The lowest BCUT2D eigenvalue weighted by Gasteiger charge is -2.59. The van der Waals surface area contributed by atoms with Gasteiger partial charge in [-0.2, -0.15) is 0 Å². The molecule has 1 saturated carbocycles. The Morgan fingerprint density at radius 3 is 2.67 bits per heavy atom. The number of amides is 1. The maximum Gasteiger partial charge on any atom is 0.573 e. The van der Waals surface area contributed by atoms with E-state index >= 15 is 0 Å². The first-order valence-corrected chi connectivity index (χ1v) is 13.0. The number of alkyl halides is 3. The second-order valence-electron chi connectivity index (χ2n) is 10.9. The first kappa shape index (κ1) is 25.9. The van der Waals surface area contributed by atoms with E-state index in [4.69, 9.17) is 11.6 Å². The fourth-order valence-corrected chi connectivity index (χ4v) is 6.16. The van der Waals surface area contributed by atoms with Crippen molar-refractivity contribution in [3.05, 3.63) is 58.8 Å². The molecule has 1 saturated heterocycles.